The fraction of sp³-hybridized carbons (Fsp3) is 0.240. The summed E-state index contributed by atoms with van der Waals surface area (Å²) in [6.07, 6.45) is 1.93. The van der Waals surface area contributed by atoms with Crippen molar-refractivity contribution in [1.82, 2.24) is 5.32 Å². The Labute approximate surface area is 167 Å². The van der Waals surface area contributed by atoms with Crippen LogP contribution in [0.5, 0.6) is 0 Å². The van der Waals surface area contributed by atoms with Gasteiger partial charge in [-0.1, -0.05) is 54.1 Å². The first-order valence-corrected chi connectivity index (χ1v) is 9.94. The molecule has 0 unspecified atom stereocenters. The SMILES string of the molecule is Cc1ccc(C(=O)NCCc2ccc(N3CCc4ccccc4C3)cc2)cc1. The molecule has 3 aromatic rings. The van der Waals surface area contributed by atoms with Crippen LogP contribution in [0.1, 0.15) is 32.6 Å². The Hall–Kier alpha value is -3.07. The van der Waals surface area contributed by atoms with Crippen molar-refractivity contribution >= 4 is 11.6 Å². The monoisotopic (exact) mass is 370 g/mol. The number of aryl methyl sites for hydroxylation is 1. The van der Waals surface area contributed by atoms with Crippen LogP contribution in [0.2, 0.25) is 0 Å². The highest BCUT2D eigenvalue weighted by Crippen LogP contribution is 2.24. The second kappa shape index (κ2) is 8.30. The summed E-state index contributed by atoms with van der Waals surface area (Å²) < 4.78 is 0. The molecule has 0 fully saturated rings. The first kappa shape index (κ1) is 18.3. The third-order valence-electron chi connectivity index (χ3n) is 5.45. The van der Waals surface area contributed by atoms with Gasteiger partial charge in [0.15, 0.2) is 0 Å². The molecule has 28 heavy (non-hydrogen) atoms. The lowest BCUT2D eigenvalue weighted by Gasteiger charge is -2.30. The first-order chi connectivity index (χ1) is 13.7. The van der Waals surface area contributed by atoms with Gasteiger partial charge in [0.1, 0.15) is 0 Å². The lowest BCUT2D eigenvalue weighted by atomic mass is 9.99. The maximum atomic E-state index is 12.2. The fourth-order valence-electron chi connectivity index (χ4n) is 3.72. The van der Waals surface area contributed by atoms with E-state index in [0.29, 0.717) is 12.1 Å². The molecule has 3 heteroatoms. The van der Waals surface area contributed by atoms with E-state index >= 15 is 0 Å². The number of benzene rings is 3. The van der Waals surface area contributed by atoms with Crippen LogP contribution >= 0.6 is 0 Å². The summed E-state index contributed by atoms with van der Waals surface area (Å²) in [5.41, 5.74) is 7.28. The number of hydrogen-bond donors (Lipinski definition) is 1. The van der Waals surface area contributed by atoms with Gasteiger partial charge >= 0.3 is 0 Å². The Balaban J connectivity index is 1.30. The van der Waals surface area contributed by atoms with Gasteiger partial charge in [0, 0.05) is 30.9 Å². The fourth-order valence-corrected chi connectivity index (χ4v) is 3.72. The van der Waals surface area contributed by atoms with Crippen LogP contribution in [0.3, 0.4) is 0 Å². The van der Waals surface area contributed by atoms with Crippen LogP contribution < -0.4 is 10.2 Å². The molecule has 0 radical (unpaired) electrons. The van der Waals surface area contributed by atoms with Gasteiger partial charge in [0.2, 0.25) is 0 Å². The molecule has 0 bridgehead atoms. The van der Waals surface area contributed by atoms with Gasteiger partial charge in [-0.3, -0.25) is 4.79 Å². The smallest absolute Gasteiger partial charge is 0.251 e. The highest BCUT2D eigenvalue weighted by Gasteiger charge is 2.15. The molecular formula is C25H26N2O. The second-order valence-corrected chi connectivity index (χ2v) is 7.48. The Morgan fingerprint density at radius 3 is 2.39 bits per heavy atom. The zero-order valence-corrected chi connectivity index (χ0v) is 16.3. The van der Waals surface area contributed by atoms with Crippen molar-refractivity contribution in [1.29, 1.82) is 0 Å². The minimum Gasteiger partial charge on any atom is -0.367 e. The summed E-state index contributed by atoms with van der Waals surface area (Å²) in [7, 11) is 0. The highest BCUT2D eigenvalue weighted by molar-refractivity contribution is 5.94. The summed E-state index contributed by atoms with van der Waals surface area (Å²) >= 11 is 0. The Bertz CT molecular complexity index is 945. The van der Waals surface area contributed by atoms with Gasteiger partial charge in [-0.25, -0.2) is 0 Å². The summed E-state index contributed by atoms with van der Waals surface area (Å²) in [5.74, 6) is -0.0106. The van der Waals surface area contributed by atoms with Gasteiger partial charge in [-0.2, -0.15) is 0 Å². The molecule has 1 aliphatic rings. The van der Waals surface area contributed by atoms with E-state index in [1.807, 2.05) is 31.2 Å². The van der Waals surface area contributed by atoms with E-state index in [-0.39, 0.29) is 5.91 Å². The number of fused-ring (bicyclic) bond motifs is 1. The molecule has 1 amide bonds. The normalized spacial score (nSPS) is 13.1. The number of carbonyl (C=O) groups excluding carboxylic acids is 1. The molecule has 0 spiro atoms. The lowest BCUT2D eigenvalue weighted by Crippen LogP contribution is -2.30. The van der Waals surface area contributed by atoms with Crippen molar-refractivity contribution in [3.05, 3.63) is 101 Å². The van der Waals surface area contributed by atoms with Gasteiger partial charge in [-0.05, 0) is 60.7 Å². The standard InChI is InChI=1S/C25H26N2O/c1-19-6-10-22(11-7-19)25(28)26-16-14-20-8-12-24(13-9-20)27-17-15-21-4-2-3-5-23(21)18-27/h2-13H,14-18H2,1H3,(H,26,28). The zero-order chi connectivity index (χ0) is 19.3. The summed E-state index contributed by atoms with van der Waals surface area (Å²) in [6, 6.07) is 25.1. The van der Waals surface area contributed by atoms with Crippen molar-refractivity contribution in [2.24, 2.45) is 0 Å². The van der Waals surface area contributed by atoms with Crippen LogP contribution in [-0.4, -0.2) is 19.0 Å². The topological polar surface area (TPSA) is 32.3 Å². The molecule has 3 aromatic carbocycles. The van der Waals surface area contributed by atoms with E-state index in [1.54, 1.807) is 0 Å². The van der Waals surface area contributed by atoms with E-state index in [0.717, 1.165) is 31.5 Å². The summed E-state index contributed by atoms with van der Waals surface area (Å²) in [6.45, 7) is 4.70. The quantitative estimate of drug-likeness (QED) is 0.716. The molecule has 0 saturated heterocycles. The Kier molecular flexibility index (Phi) is 5.43. The third-order valence-corrected chi connectivity index (χ3v) is 5.45. The second-order valence-electron chi connectivity index (χ2n) is 7.48. The van der Waals surface area contributed by atoms with Crippen molar-refractivity contribution in [2.75, 3.05) is 18.0 Å². The van der Waals surface area contributed by atoms with Crippen LogP contribution in [-0.2, 0) is 19.4 Å². The average molecular weight is 370 g/mol. The highest BCUT2D eigenvalue weighted by atomic mass is 16.1. The molecule has 1 aliphatic heterocycles. The van der Waals surface area contributed by atoms with E-state index in [2.05, 4.69) is 58.7 Å². The minimum atomic E-state index is -0.0106. The number of nitrogens with zero attached hydrogens (tertiary/aromatic N) is 1. The van der Waals surface area contributed by atoms with Gasteiger partial charge in [0.25, 0.3) is 5.91 Å². The molecule has 0 saturated carbocycles. The first-order valence-electron chi connectivity index (χ1n) is 9.94. The Morgan fingerprint density at radius 1 is 0.929 bits per heavy atom. The van der Waals surface area contributed by atoms with Crippen molar-refractivity contribution in [3.63, 3.8) is 0 Å². The van der Waals surface area contributed by atoms with Crippen molar-refractivity contribution in [2.45, 2.75) is 26.3 Å². The number of amides is 1. The van der Waals surface area contributed by atoms with Gasteiger partial charge in [-0.15, -0.1) is 0 Å². The van der Waals surface area contributed by atoms with Gasteiger partial charge < -0.3 is 10.2 Å². The van der Waals surface area contributed by atoms with E-state index in [9.17, 15) is 4.79 Å². The molecule has 0 aromatic heterocycles. The summed E-state index contributed by atoms with van der Waals surface area (Å²) in [4.78, 5) is 14.6. The summed E-state index contributed by atoms with van der Waals surface area (Å²) in [5, 5.41) is 3.01. The van der Waals surface area contributed by atoms with E-state index < -0.39 is 0 Å². The van der Waals surface area contributed by atoms with E-state index in [1.165, 1.54) is 22.4 Å². The third kappa shape index (κ3) is 4.25. The average Bonchev–Trinajstić information content (AvgIpc) is 2.74. The molecule has 0 atom stereocenters. The molecule has 1 N–H and O–H groups in total. The number of rotatable bonds is 5. The van der Waals surface area contributed by atoms with Crippen molar-refractivity contribution < 1.29 is 4.79 Å². The predicted octanol–water partition coefficient (Wildman–Crippen LogP) is 4.53. The Morgan fingerprint density at radius 2 is 1.64 bits per heavy atom. The number of hydrogen-bond acceptors (Lipinski definition) is 2. The maximum absolute atomic E-state index is 12.2. The van der Waals surface area contributed by atoms with Gasteiger partial charge in [0.05, 0.1) is 0 Å². The number of carbonyl (C=O) groups is 1. The zero-order valence-electron chi connectivity index (χ0n) is 16.3. The molecular weight excluding hydrogens is 344 g/mol. The molecule has 142 valence electrons. The molecule has 4 rings (SSSR count). The number of anilines is 1. The maximum Gasteiger partial charge on any atom is 0.251 e. The van der Waals surface area contributed by atoms with E-state index in [4.69, 9.17) is 0 Å². The largest absolute Gasteiger partial charge is 0.367 e. The predicted molar refractivity (Wildman–Crippen MR) is 115 cm³/mol. The minimum absolute atomic E-state index is 0.0106. The van der Waals surface area contributed by atoms with Crippen LogP contribution in [0.15, 0.2) is 72.8 Å². The lowest BCUT2D eigenvalue weighted by molar-refractivity contribution is 0.0954. The molecule has 0 aliphatic carbocycles. The van der Waals surface area contributed by atoms with Crippen LogP contribution in [0, 0.1) is 6.92 Å². The van der Waals surface area contributed by atoms with Crippen LogP contribution in [0.25, 0.3) is 0 Å². The van der Waals surface area contributed by atoms with Crippen LogP contribution in [0.4, 0.5) is 5.69 Å². The number of nitrogens with one attached hydrogen (secondary N) is 1. The molecule has 1 heterocycles. The molecule has 3 nitrogen and oxygen atoms in total. The van der Waals surface area contributed by atoms with Crippen molar-refractivity contribution in [3.8, 4) is 0 Å².